The molecule has 0 N–H and O–H groups in total. The fourth-order valence-corrected chi connectivity index (χ4v) is 3.81. The first kappa shape index (κ1) is 21.2. The Bertz CT molecular complexity index is 911. The fraction of sp³-hybridized carbons (Fsp3) is 0.375. The molecular weight excluding hydrogens is 392 g/mol. The summed E-state index contributed by atoms with van der Waals surface area (Å²) in [6.07, 6.45) is 0.660. The predicted molar refractivity (Wildman–Crippen MR) is 120 cm³/mol. The third-order valence-corrected chi connectivity index (χ3v) is 5.58. The standard InChI is InChI=1S/C24H28N4O3/c29-23-12-11-22(25-28(23)19-20-7-3-1-4-8-20)24(30)27(21-9-5-2-6-10-21)14-13-26-15-17-31-18-16-26/h1-10H,11-19H2. The van der Waals surface area contributed by atoms with Crippen molar-refractivity contribution in [2.24, 2.45) is 5.10 Å². The van der Waals surface area contributed by atoms with Gasteiger partial charge in [-0.15, -0.1) is 0 Å². The summed E-state index contributed by atoms with van der Waals surface area (Å²) in [7, 11) is 0. The van der Waals surface area contributed by atoms with Crippen molar-refractivity contribution in [2.75, 3.05) is 44.3 Å². The number of carbonyl (C=O) groups excluding carboxylic acids is 2. The average Bonchev–Trinajstić information content (AvgIpc) is 2.82. The maximum absolute atomic E-state index is 13.5. The molecule has 162 valence electrons. The van der Waals surface area contributed by atoms with Crippen LogP contribution in [0.1, 0.15) is 18.4 Å². The van der Waals surface area contributed by atoms with Crippen molar-refractivity contribution in [1.82, 2.24) is 9.91 Å². The van der Waals surface area contributed by atoms with Gasteiger partial charge in [-0.25, -0.2) is 5.01 Å². The Kier molecular flexibility index (Phi) is 7.07. The number of benzene rings is 2. The number of carbonyl (C=O) groups is 2. The lowest BCUT2D eigenvalue weighted by Crippen LogP contribution is -2.46. The van der Waals surface area contributed by atoms with Crippen molar-refractivity contribution in [3.8, 4) is 0 Å². The summed E-state index contributed by atoms with van der Waals surface area (Å²) in [6, 6.07) is 19.4. The van der Waals surface area contributed by atoms with Crippen LogP contribution in [0.3, 0.4) is 0 Å². The molecule has 1 saturated heterocycles. The van der Waals surface area contributed by atoms with Crippen molar-refractivity contribution < 1.29 is 14.3 Å². The van der Waals surface area contributed by atoms with Crippen LogP contribution in [-0.2, 0) is 20.9 Å². The van der Waals surface area contributed by atoms with Gasteiger partial charge in [-0.3, -0.25) is 14.5 Å². The van der Waals surface area contributed by atoms with E-state index < -0.39 is 0 Å². The van der Waals surface area contributed by atoms with Crippen LogP contribution in [-0.4, -0.2) is 66.8 Å². The highest BCUT2D eigenvalue weighted by Gasteiger charge is 2.28. The summed E-state index contributed by atoms with van der Waals surface area (Å²) in [4.78, 5) is 30.0. The molecule has 2 aliphatic rings. The van der Waals surface area contributed by atoms with Gasteiger partial charge in [-0.1, -0.05) is 48.5 Å². The molecule has 0 radical (unpaired) electrons. The van der Waals surface area contributed by atoms with E-state index in [1.54, 1.807) is 4.90 Å². The van der Waals surface area contributed by atoms with E-state index >= 15 is 0 Å². The van der Waals surface area contributed by atoms with E-state index in [9.17, 15) is 9.59 Å². The second-order valence-electron chi connectivity index (χ2n) is 7.73. The quantitative estimate of drug-likeness (QED) is 0.691. The number of rotatable bonds is 7. The number of anilines is 1. The maximum atomic E-state index is 13.5. The van der Waals surface area contributed by atoms with Gasteiger partial charge >= 0.3 is 0 Å². The maximum Gasteiger partial charge on any atom is 0.274 e. The van der Waals surface area contributed by atoms with Gasteiger partial charge in [0.25, 0.3) is 5.91 Å². The third-order valence-electron chi connectivity index (χ3n) is 5.58. The number of morpholine rings is 1. The van der Waals surface area contributed by atoms with Crippen LogP contribution >= 0.6 is 0 Å². The second kappa shape index (κ2) is 10.3. The van der Waals surface area contributed by atoms with Gasteiger partial charge in [0.05, 0.1) is 19.8 Å². The number of hydrogen-bond donors (Lipinski definition) is 0. The molecule has 7 heteroatoms. The lowest BCUT2D eigenvalue weighted by molar-refractivity contribution is -0.132. The van der Waals surface area contributed by atoms with Crippen molar-refractivity contribution in [2.45, 2.75) is 19.4 Å². The largest absolute Gasteiger partial charge is 0.379 e. The van der Waals surface area contributed by atoms with Crippen LogP contribution in [0.5, 0.6) is 0 Å². The van der Waals surface area contributed by atoms with Gasteiger partial charge in [-0.2, -0.15) is 5.10 Å². The Balaban J connectivity index is 1.51. The topological polar surface area (TPSA) is 65.5 Å². The molecule has 0 aliphatic carbocycles. The lowest BCUT2D eigenvalue weighted by atomic mass is 10.1. The molecule has 4 rings (SSSR count). The molecule has 31 heavy (non-hydrogen) atoms. The molecule has 2 aromatic carbocycles. The van der Waals surface area contributed by atoms with E-state index in [2.05, 4.69) is 10.0 Å². The van der Waals surface area contributed by atoms with Crippen molar-refractivity contribution in [1.29, 1.82) is 0 Å². The van der Waals surface area contributed by atoms with Crippen molar-refractivity contribution >= 4 is 23.2 Å². The van der Waals surface area contributed by atoms with Crippen LogP contribution in [0.2, 0.25) is 0 Å². The lowest BCUT2D eigenvalue weighted by Gasteiger charge is -2.31. The number of amides is 2. The highest BCUT2D eigenvalue weighted by atomic mass is 16.5. The zero-order chi connectivity index (χ0) is 21.5. The zero-order valence-corrected chi connectivity index (χ0v) is 17.7. The van der Waals surface area contributed by atoms with Gasteiger partial charge in [0.2, 0.25) is 5.91 Å². The Morgan fingerprint density at radius 1 is 0.968 bits per heavy atom. The van der Waals surface area contributed by atoms with E-state index in [4.69, 9.17) is 4.74 Å². The molecule has 0 unspecified atom stereocenters. The normalized spacial score (nSPS) is 17.4. The number of para-hydroxylation sites is 1. The first-order chi connectivity index (χ1) is 15.2. The number of nitrogens with zero attached hydrogens (tertiary/aromatic N) is 4. The second-order valence-corrected chi connectivity index (χ2v) is 7.73. The molecule has 0 atom stereocenters. The Labute approximate surface area is 182 Å². The number of hydrazone groups is 1. The average molecular weight is 421 g/mol. The van der Waals surface area contributed by atoms with Gasteiger partial charge in [0.1, 0.15) is 5.71 Å². The molecule has 0 spiro atoms. The first-order valence-corrected chi connectivity index (χ1v) is 10.8. The fourth-order valence-electron chi connectivity index (χ4n) is 3.81. The van der Waals surface area contributed by atoms with Crippen molar-refractivity contribution in [3.63, 3.8) is 0 Å². The Hall–Kier alpha value is -3.03. The minimum atomic E-state index is -0.134. The molecule has 2 amide bonds. The molecule has 0 aromatic heterocycles. The summed E-state index contributed by atoms with van der Waals surface area (Å²) in [6.45, 7) is 4.90. The predicted octanol–water partition coefficient (Wildman–Crippen LogP) is 2.53. The number of ether oxygens (including phenoxy) is 1. The zero-order valence-electron chi connectivity index (χ0n) is 17.7. The summed E-state index contributed by atoms with van der Waals surface area (Å²) in [5.41, 5.74) is 2.26. The van der Waals surface area contributed by atoms with Gasteiger partial charge in [-0.05, 0) is 17.7 Å². The van der Waals surface area contributed by atoms with Gasteiger partial charge < -0.3 is 9.64 Å². The van der Waals surface area contributed by atoms with Crippen LogP contribution < -0.4 is 4.90 Å². The Morgan fingerprint density at radius 2 is 1.65 bits per heavy atom. The summed E-state index contributed by atoms with van der Waals surface area (Å²) >= 11 is 0. The first-order valence-electron chi connectivity index (χ1n) is 10.8. The van der Waals surface area contributed by atoms with E-state index in [1.165, 1.54) is 5.01 Å². The molecule has 2 aromatic rings. The minimum absolute atomic E-state index is 0.0556. The van der Waals surface area contributed by atoms with Crippen molar-refractivity contribution in [3.05, 3.63) is 66.2 Å². The molecular formula is C24H28N4O3. The highest BCUT2D eigenvalue weighted by molar-refractivity contribution is 6.44. The summed E-state index contributed by atoms with van der Waals surface area (Å²) < 4.78 is 5.43. The van der Waals surface area contributed by atoms with E-state index in [0.29, 0.717) is 31.6 Å². The molecule has 2 aliphatic heterocycles. The summed E-state index contributed by atoms with van der Waals surface area (Å²) in [5.74, 6) is -0.190. The van der Waals surface area contributed by atoms with Crippen LogP contribution in [0.15, 0.2) is 65.8 Å². The van der Waals surface area contributed by atoms with E-state index in [-0.39, 0.29) is 11.8 Å². The number of hydrogen-bond acceptors (Lipinski definition) is 5. The Morgan fingerprint density at radius 3 is 2.35 bits per heavy atom. The molecule has 7 nitrogen and oxygen atoms in total. The monoisotopic (exact) mass is 420 g/mol. The summed E-state index contributed by atoms with van der Waals surface area (Å²) in [5, 5.41) is 5.90. The van der Waals surface area contributed by atoms with Gasteiger partial charge in [0, 0.05) is 44.7 Å². The molecule has 0 bridgehead atoms. The molecule has 2 heterocycles. The van der Waals surface area contributed by atoms with Gasteiger partial charge in [0.15, 0.2) is 0 Å². The van der Waals surface area contributed by atoms with Crippen LogP contribution in [0.25, 0.3) is 0 Å². The minimum Gasteiger partial charge on any atom is -0.379 e. The van der Waals surface area contributed by atoms with Crippen LogP contribution in [0.4, 0.5) is 5.69 Å². The van der Waals surface area contributed by atoms with E-state index in [1.807, 2.05) is 60.7 Å². The highest BCUT2D eigenvalue weighted by Crippen LogP contribution is 2.19. The van der Waals surface area contributed by atoms with Crippen LogP contribution in [0, 0.1) is 0 Å². The third kappa shape index (κ3) is 5.57. The molecule has 0 saturated carbocycles. The molecule has 1 fully saturated rings. The smallest absolute Gasteiger partial charge is 0.274 e. The SMILES string of the molecule is O=C1CCC(C(=O)N(CCN2CCOCC2)c2ccccc2)=NN1Cc1ccccc1. The van der Waals surface area contributed by atoms with E-state index in [0.717, 1.165) is 44.1 Å².